The molecule has 17 heavy (non-hydrogen) atoms. The van der Waals surface area contributed by atoms with Crippen LogP contribution in [0, 0.1) is 5.92 Å². The third kappa shape index (κ3) is 3.69. The molecule has 0 saturated heterocycles. The minimum atomic E-state index is -0.460. The second-order valence-electron chi connectivity index (χ2n) is 4.31. The number of hydrogen-bond donors (Lipinski definition) is 1. The van der Waals surface area contributed by atoms with Crippen molar-refractivity contribution in [1.29, 1.82) is 0 Å². The zero-order chi connectivity index (χ0) is 12.1. The molecule has 1 fully saturated rings. The predicted molar refractivity (Wildman–Crippen MR) is 63.8 cm³/mol. The van der Waals surface area contributed by atoms with Gasteiger partial charge < -0.3 is 10.1 Å². The van der Waals surface area contributed by atoms with E-state index in [4.69, 9.17) is 0 Å². The fraction of sp³-hybridized carbons (Fsp3) is 0.583. The lowest BCUT2D eigenvalue weighted by atomic mass is 10.2. The molecule has 5 heteroatoms. The van der Waals surface area contributed by atoms with Gasteiger partial charge in [-0.05, 0) is 30.9 Å². The Morgan fingerprint density at radius 2 is 2.29 bits per heavy atom. The zero-order valence-electron chi connectivity index (χ0n) is 9.98. The molecule has 0 bridgehead atoms. The quantitative estimate of drug-likeness (QED) is 0.602. The van der Waals surface area contributed by atoms with Crippen molar-refractivity contribution in [3.05, 3.63) is 17.8 Å². The number of carbonyl (C=O) groups excluding carboxylic acids is 1. The Morgan fingerprint density at radius 1 is 1.47 bits per heavy atom. The van der Waals surface area contributed by atoms with Gasteiger partial charge in [0.1, 0.15) is 5.82 Å². The summed E-state index contributed by atoms with van der Waals surface area (Å²) in [6.07, 6.45) is 5.24. The summed E-state index contributed by atoms with van der Waals surface area (Å²) in [5.41, 5.74) is 0.232. The molecular weight excluding hydrogens is 218 g/mol. The van der Waals surface area contributed by atoms with E-state index in [1.165, 1.54) is 26.4 Å². The number of anilines is 1. The first kappa shape index (κ1) is 11.8. The number of carbonyl (C=O) groups is 1. The fourth-order valence-corrected chi connectivity index (χ4v) is 1.65. The van der Waals surface area contributed by atoms with Crippen LogP contribution in [0.2, 0.25) is 0 Å². The molecule has 2 rings (SSSR count). The largest absolute Gasteiger partial charge is 0.464 e. The second kappa shape index (κ2) is 5.61. The summed E-state index contributed by atoms with van der Waals surface area (Å²) in [6.45, 7) is 0.906. The lowest BCUT2D eigenvalue weighted by molar-refractivity contribution is 0.0593. The Morgan fingerprint density at radius 3 is 2.88 bits per heavy atom. The van der Waals surface area contributed by atoms with Crippen LogP contribution in [0.5, 0.6) is 0 Å². The minimum Gasteiger partial charge on any atom is -0.464 e. The molecule has 0 unspecified atom stereocenters. The van der Waals surface area contributed by atoms with Gasteiger partial charge in [0, 0.05) is 6.54 Å². The topological polar surface area (TPSA) is 64.1 Å². The molecule has 1 heterocycles. The Bertz CT molecular complexity index is 374. The van der Waals surface area contributed by atoms with Crippen LogP contribution in [0.3, 0.4) is 0 Å². The zero-order valence-corrected chi connectivity index (χ0v) is 9.98. The van der Waals surface area contributed by atoms with E-state index in [2.05, 4.69) is 20.3 Å². The minimum absolute atomic E-state index is 0.232. The van der Waals surface area contributed by atoms with Crippen molar-refractivity contribution in [1.82, 2.24) is 10.2 Å². The van der Waals surface area contributed by atoms with Crippen molar-refractivity contribution < 1.29 is 9.53 Å². The lowest BCUT2D eigenvalue weighted by Gasteiger charge is -2.04. The number of rotatable bonds is 6. The van der Waals surface area contributed by atoms with Gasteiger partial charge >= 0.3 is 5.97 Å². The van der Waals surface area contributed by atoms with Gasteiger partial charge in [-0.1, -0.05) is 12.8 Å². The number of hydrogen-bond acceptors (Lipinski definition) is 5. The van der Waals surface area contributed by atoms with Crippen LogP contribution in [0.25, 0.3) is 0 Å². The van der Waals surface area contributed by atoms with Crippen molar-refractivity contribution in [3.63, 3.8) is 0 Å². The smallest absolute Gasteiger partial charge is 0.358 e. The van der Waals surface area contributed by atoms with Crippen molar-refractivity contribution in [3.8, 4) is 0 Å². The summed E-state index contributed by atoms with van der Waals surface area (Å²) in [7, 11) is 1.33. The summed E-state index contributed by atoms with van der Waals surface area (Å²) in [6, 6.07) is 3.36. The molecule has 1 N–H and O–H groups in total. The molecule has 0 aromatic carbocycles. The van der Waals surface area contributed by atoms with Crippen LogP contribution in [0.15, 0.2) is 12.1 Å². The number of nitrogens with zero attached hydrogens (tertiary/aromatic N) is 2. The summed E-state index contributed by atoms with van der Waals surface area (Å²) in [5.74, 6) is 1.20. The van der Waals surface area contributed by atoms with Crippen molar-refractivity contribution in [2.75, 3.05) is 19.0 Å². The third-order valence-electron chi connectivity index (χ3n) is 2.85. The summed E-state index contributed by atoms with van der Waals surface area (Å²) < 4.78 is 4.55. The monoisotopic (exact) mass is 235 g/mol. The van der Waals surface area contributed by atoms with Gasteiger partial charge in [-0.15, -0.1) is 10.2 Å². The standard InChI is InChI=1S/C12H17N3O2/c1-17-12(16)10-6-7-11(15-14-10)13-8-2-3-9-4-5-9/h6-7,9H,2-5,8H2,1H3,(H,13,15). The van der Waals surface area contributed by atoms with Crippen molar-refractivity contribution in [2.24, 2.45) is 5.92 Å². The summed E-state index contributed by atoms with van der Waals surface area (Å²) >= 11 is 0. The highest BCUT2D eigenvalue weighted by Gasteiger charge is 2.19. The molecular formula is C12H17N3O2. The number of esters is 1. The van der Waals surface area contributed by atoms with Crippen molar-refractivity contribution >= 4 is 11.8 Å². The molecule has 0 amide bonds. The molecule has 92 valence electrons. The first-order valence-corrected chi connectivity index (χ1v) is 5.95. The maximum absolute atomic E-state index is 11.1. The van der Waals surface area contributed by atoms with Crippen molar-refractivity contribution in [2.45, 2.75) is 25.7 Å². The molecule has 5 nitrogen and oxygen atoms in total. The van der Waals surface area contributed by atoms with E-state index < -0.39 is 5.97 Å². The molecule has 1 aromatic heterocycles. The van der Waals surface area contributed by atoms with Gasteiger partial charge in [-0.2, -0.15) is 0 Å². The van der Waals surface area contributed by atoms with Crippen LogP contribution in [0.4, 0.5) is 5.82 Å². The van der Waals surface area contributed by atoms with E-state index >= 15 is 0 Å². The molecule has 0 radical (unpaired) electrons. The van der Waals surface area contributed by atoms with Crippen LogP contribution >= 0.6 is 0 Å². The molecule has 1 saturated carbocycles. The third-order valence-corrected chi connectivity index (χ3v) is 2.85. The first-order chi connectivity index (χ1) is 8.29. The SMILES string of the molecule is COC(=O)c1ccc(NCCCC2CC2)nn1. The average Bonchev–Trinajstić information content (AvgIpc) is 3.18. The number of aromatic nitrogens is 2. The van der Waals surface area contributed by atoms with Gasteiger partial charge in [0.05, 0.1) is 7.11 Å². The molecule has 1 aliphatic rings. The Balaban J connectivity index is 1.74. The van der Waals surface area contributed by atoms with E-state index in [1.807, 2.05) is 0 Å². The van der Waals surface area contributed by atoms with E-state index in [-0.39, 0.29) is 5.69 Å². The van der Waals surface area contributed by atoms with E-state index in [0.29, 0.717) is 5.82 Å². The molecule has 0 atom stereocenters. The highest BCUT2D eigenvalue weighted by atomic mass is 16.5. The Labute approximate surface area is 101 Å². The lowest BCUT2D eigenvalue weighted by Crippen LogP contribution is -2.08. The van der Waals surface area contributed by atoms with Gasteiger partial charge in [0.15, 0.2) is 5.69 Å². The Hall–Kier alpha value is -1.65. The average molecular weight is 235 g/mol. The Kier molecular flexibility index (Phi) is 3.90. The van der Waals surface area contributed by atoms with Gasteiger partial charge in [0.25, 0.3) is 0 Å². The van der Waals surface area contributed by atoms with Crippen LogP contribution in [-0.2, 0) is 4.74 Å². The first-order valence-electron chi connectivity index (χ1n) is 5.95. The molecule has 1 aromatic rings. The maximum atomic E-state index is 11.1. The normalized spacial score (nSPS) is 14.4. The highest BCUT2D eigenvalue weighted by Crippen LogP contribution is 2.33. The van der Waals surface area contributed by atoms with Crippen LogP contribution < -0.4 is 5.32 Å². The van der Waals surface area contributed by atoms with Crippen LogP contribution in [-0.4, -0.2) is 29.8 Å². The summed E-state index contributed by atoms with van der Waals surface area (Å²) in [4.78, 5) is 11.1. The van der Waals surface area contributed by atoms with E-state index in [0.717, 1.165) is 18.9 Å². The molecule has 1 aliphatic carbocycles. The fourth-order valence-electron chi connectivity index (χ4n) is 1.65. The molecule has 0 spiro atoms. The maximum Gasteiger partial charge on any atom is 0.358 e. The summed E-state index contributed by atoms with van der Waals surface area (Å²) in [5, 5.41) is 10.9. The predicted octanol–water partition coefficient (Wildman–Crippen LogP) is 1.87. The number of nitrogens with one attached hydrogen (secondary N) is 1. The van der Waals surface area contributed by atoms with Gasteiger partial charge in [0.2, 0.25) is 0 Å². The van der Waals surface area contributed by atoms with E-state index in [9.17, 15) is 4.79 Å². The van der Waals surface area contributed by atoms with Gasteiger partial charge in [-0.25, -0.2) is 4.79 Å². The highest BCUT2D eigenvalue weighted by molar-refractivity contribution is 5.86. The van der Waals surface area contributed by atoms with Gasteiger partial charge in [-0.3, -0.25) is 0 Å². The van der Waals surface area contributed by atoms with E-state index in [1.54, 1.807) is 12.1 Å². The van der Waals surface area contributed by atoms with Crippen LogP contribution in [0.1, 0.15) is 36.2 Å². The number of methoxy groups -OCH3 is 1. The molecule has 0 aliphatic heterocycles. The number of ether oxygens (including phenoxy) is 1. The second-order valence-corrected chi connectivity index (χ2v) is 4.31.